The first-order valence-corrected chi connectivity index (χ1v) is 23.0. The van der Waals surface area contributed by atoms with Crippen LogP contribution < -0.4 is 0 Å². The van der Waals surface area contributed by atoms with Crippen molar-refractivity contribution < 1.29 is 47.8 Å². The number of unbranched alkanes of at least 4 members (excludes halogenated alkanes) is 4. The Kier molecular flexibility index (Phi) is 39.9. The fraction of sp³-hybridized carbons (Fsp3) is 0.542. The molecule has 0 rings (SSSR count). The highest BCUT2D eigenvalue weighted by atomic mass is 31.2. The zero-order valence-corrected chi connectivity index (χ0v) is 36.8. The topological polar surface area (TPSA) is 149 Å². The Morgan fingerprint density at radius 2 is 0.932 bits per heavy atom. The number of phosphoric ester groups is 1. The number of esters is 2. The van der Waals surface area contributed by atoms with Crippen LogP contribution in [0.2, 0.25) is 0 Å². The molecule has 0 fully saturated rings. The van der Waals surface area contributed by atoms with Crippen LogP contribution in [0.4, 0.5) is 0 Å². The maximum Gasteiger partial charge on any atom is 0.472 e. The van der Waals surface area contributed by atoms with Gasteiger partial charge in [-0.3, -0.25) is 18.6 Å². The smallest absolute Gasteiger partial charge is 0.462 e. The van der Waals surface area contributed by atoms with Crippen LogP contribution in [0.25, 0.3) is 0 Å². The lowest BCUT2D eigenvalue weighted by molar-refractivity contribution is -0.161. The van der Waals surface area contributed by atoms with Gasteiger partial charge in [-0.2, -0.15) is 0 Å². The van der Waals surface area contributed by atoms with Gasteiger partial charge in [0.1, 0.15) is 12.7 Å². The molecule has 0 spiro atoms. The van der Waals surface area contributed by atoms with Gasteiger partial charge in [0.15, 0.2) is 6.10 Å². The van der Waals surface area contributed by atoms with E-state index in [1.165, 1.54) is 25.7 Å². The van der Waals surface area contributed by atoms with Crippen molar-refractivity contribution in [2.24, 2.45) is 0 Å². The molecule has 10 nitrogen and oxygen atoms in total. The second kappa shape index (κ2) is 42.5. The molecule has 3 N–H and O–H groups in total. The summed E-state index contributed by atoms with van der Waals surface area (Å²) in [5, 5.41) is 18.3. The van der Waals surface area contributed by atoms with Gasteiger partial charge in [-0.25, -0.2) is 4.57 Å². The lowest BCUT2D eigenvalue weighted by Crippen LogP contribution is -2.29. The van der Waals surface area contributed by atoms with E-state index < -0.39 is 58.4 Å². The number of rotatable bonds is 38. The third kappa shape index (κ3) is 42.3. The van der Waals surface area contributed by atoms with Gasteiger partial charge in [0.25, 0.3) is 0 Å². The number of hydrogen-bond donors (Lipinski definition) is 3. The highest BCUT2D eigenvalue weighted by Crippen LogP contribution is 2.43. The molecule has 3 unspecified atom stereocenters. The summed E-state index contributed by atoms with van der Waals surface area (Å²) in [5.74, 6) is -1.13. The quantitative estimate of drug-likeness (QED) is 0.0237. The summed E-state index contributed by atoms with van der Waals surface area (Å²) in [7, 11) is -4.66. The predicted molar refractivity (Wildman–Crippen MR) is 242 cm³/mol. The summed E-state index contributed by atoms with van der Waals surface area (Å²) in [6.45, 7) is 2.05. The summed E-state index contributed by atoms with van der Waals surface area (Å²) in [6, 6.07) is 0. The summed E-state index contributed by atoms with van der Waals surface area (Å²) >= 11 is 0. The van der Waals surface area contributed by atoms with Crippen molar-refractivity contribution in [1.82, 2.24) is 0 Å². The maximum atomic E-state index is 12.6. The van der Waals surface area contributed by atoms with Crippen LogP contribution in [0.1, 0.15) is 129 Å². The summed E-state index contributed by atoms with van der Waals surface area (Å²) in [6.07, 6.45) is 54.8. The molecule has 0 saturated heterocycles. The zero-order valence-electron chi connectivity index (χ0n) is 35.9. The molecule has 59 heavy (non-hydrogen) atoms. The number of carbonyl (C=O) groups excluding carboxylic acids is 2. The van der Waals surface area contributed by atoms with Gasteiger partial charge in [0.05, 0.1) is 19.8 Å². The summed E-state index contributed by atoms with van der Waals surface area (Å²) in [4.78, 5) is 34.9. The Bertz CT molecular complexity index is 1390. The lowest BCUT2D eigenvalue weighted by Gasteiger charge is -2.20. The molecule has 0 aromatic rings. The van der Waals surface area contributed by atoms with E-state index in [-0.39, 0.29) is 12.8 Å². The van der Waals surface area contributed by atoms with Gasteiger partial charge in [-0.05, 0) is 83.5 Å². The minimum atomic E-state index is -4.66. The summed E-state index contributed by atoms with van der Waals surface area (Å²) < 4.78 is 32.5. The third-order valence-electron chi connectivity index (χ3n) is 8.13. The van der Waals surface area contributed by atoms with Crippen molar-refractivity contribution in [3.05, 3.63) is 122 Å². The van der Waals surface area contributed by atoms with Crippen LogP contribution in [-0.4, -0.2) is 65.7 Å². The number of aliphatic hydroxyl groups excluding tert-OH is 2. The Morgan fingerprint density at radius 1 is 0.525 bits per heavy atom. The molecule has 0 aliphatic heterocycles. The molecule has 0 heterocycles. The third-order valence-corrected chi connectivity index (χ3v) is 9.08. The van der Waals surface area contributed by atoms with Gasteiger partial charge in [-0.15, -0.1) is 0 Å². The number of phosphoric acid groups is 1. The van der Waals surface area contributed by atoms with Gasteiger partial charge < -0.3 is 24.6 Å². The van der Waals surface area contributed by atoms with Crippen molar-refractivity contribution >= 4 is 19.8 Å². The van der Waals surface area contributed by atoms with Crippen LogP contribution in [0.15, 0.2) is 122 Å². The molecule has 3 atom stereocenters. The Balaban J connectivity index is 4.57. The number of allylic oxidation sites excluding steroid dienone is 20. The minimum absolute atomic E-state index is 0.0364. The molecule has 11 heteroatoms. The van der Waals surface area contributed by atoms with Gasteiger partial charge in [0, 0.05) is 12.8 Å². The second-order valence-corrected chi connectivity index (χ2v) is 15.1. The molecule has 0 aromatic carbocycles. The second-order valence-electron chi connectivity index (χ2n) is 13.6. The Morgan fingerprint density at radius 3 is 1.37 bits per heavy atom. The molecule has 332 valence electrons. The van der Waals surface area contributed by atoms with E-state index in [1.54, 1.807) is 0 Å². The molecular formula is C48H75O10P. The van der Waals surface area contributed by atoms with E-state index in [4.69, 9.17) is 19.1 Å². The average molecular weight is 843 g/mol. The first-order valence-electron chi connectivity index (χ1n) is 21.5. The zero-order chi connectivity index (χ0) is 43.3. The van der Waals surface area contributed by atoms with Crippen LogP contribution in [0.3, 0.4) is 0 Å². The molecule has 0 bridgehead atoms. The van der Waals surface area contributed by atoms with E-state index in [9.17, 15) is 24.2 Å². The van der Waals surface area contributed by atoms with Crippen LogP contribution in [0, 0.1) is 0 Å². The first-order chi connectivity index (χ1) is 28.7. The molecule has 0 radical (unpaired) electrons. The van der Waals surface area contributed by atoms with Gasteiger partial charge in [-0.1, -0.05) is 155 Å². The van der Waals surface area contributed by atoms with E-state index in [1.807, 2.05) is 30.4 Å². The van der Waals surface area contributed by atoms with Crippen molar-refractivity contribution in [3.63, 3.8) is 0 Å². The number of aliphatic hydroxyl groups is 2. The fourth-order valence-corrected chi connectivity index (χ4v) is 5.64. The monoisotopic (exact) mass is 843 g/mol. The van der Waals surface area contributed by atoms with E-state index in [2.05, 4.69) is 110 Å². The van der Waals surface area contributed by atoms with E-state index in [0.29, 0.717) is 19.3 Å². The van der Waals surface area contributed by atoms with E-state index in [0.717, 1.165) is 57.8 Å². The molecule has 0 aliphatic rings. The maximum absolute atomic E-state index is 12.6. The van der Waals surface area contributed by atoms with Crippen molar-refractivity contribution in [3.8, 4) is 0 Å². The van der Waals surface area contributed by atoms with Gasteiger partial charge >= 0.3 is 19.8 Å². The molecule has 0 aliphatic carbocycles. The van der Waals surface area contributed by atoms with Gasteiger partial charge in [0.2, 0.25) is 0 Å². The fourth-order valence-electron chi connectivity index (χ4n) is 4.85. The molecular weight excluding hydrogens is 767 g/mol. The van der Waals surface area contributed by atoms with Crippen molar-refractivity contribution in [2.45, 2.75) is 142 Å². The number of carbonyl (C=O) groups is 2. The highest BCUT2D eigenvalue weighted by molar-refractivity contribution is 7.47. The molecule has 0 aromatic heterocycles. The number of ether oxygens (including phenoxy) is 2. The van der Waals surface area contributed by atoms with Crippen molar-refractivity contribution in [2.75, 3.05) is 26.4 Å². The molecule has 0 amide bonds. The standard InChI is InChI=1S/C48H75O10P/c1-3-5-7-9-11-13-15-17-19-21-22-24-26-28-30-32-34-36-38-40-48(52)58-46(44-57-59(53,54)56-42-45(50)41-49)43-55-47(51)39-37-35-33-31-29-27-25-23-20-18-16-14-12-10-8-6-4-2/h5,7,11,13-14,16-17,19-20,22-24,27-30,33-36,45-46,49-50H,3-4,6,8-10,12,15,18,21,25-26,31-32,37-44H2,1-2H3,(H,53,54). The van der Waals surface area contributed by atoms with Crippen LogP contribution in [-0.2, 0) is 32.7 Å². The Labute approximate surface area is 356 Å². The summed E-state index contributed by atoms with van der Waals surface area (Å²) in [5.41, 5.74) is 0. The molecule has 0 saturated carbocycles. The predicted octanol–water partition coefficient (Wildman–Crippen LogP) is 11.6. The van der Waals surface area contributed by atoms with Crippen LogP contribution in [0.5, 0.6) is 0 Å². The number of hydrogen-bond acceptors (Lipinski definition) is 9. The highest BCUT2D eigenvalue weighted by Gasteiger charge is 2.27. The largest absolute Gasteiger partial charge is 0.472 e. The normalized spacial score (nSPS) is 15.0. The van der Waals surface area contributed by atoms with Crippen LogP contribution >= 0.6 is 7.82 Å². The average Bonchev–Trinajstić information content (AvgIpc) is 3.22. The minimum Gasteiger partial charge on any atom is -0.462 e. The van der Waals surface area contributed by atoms with E-state index >= 15 is 0 Å². The SMILES string of the molecule is CCC=CCC=CCC=CCC=CCC=CCC=CCCC(=O)OC(COC(=O)CCC=CCC=CCC=CCC=CCCCCCC)COP(=O)(O)OCC(O)CO. The first kappa shape index (κ1) is 55.4. The Hall–Kier alpha value is -3.63. The van der Waals surface area contributed by atoms with Crippen molar-refractivity contribution in [1.29, 1.82) is 0 Å². The lowest BCUT2D eigenvalue weighted by atomic mass is 10.1.